The molecule has 0 amide bonds. The lowest BCUT2D eigenvalue weighted by Crippen LogP contribution is -2.57. The lowest BCUT2D eigenvalue weighted by Gasteiger charge is -2.36. The van der Waals surface area contributed by atoms with E-state index in [-0.39, 0.29) is 5.92 Å². The van der Waals surface area contributed by atoms with E-state index in [1.54, 1.807) is 0 Å². The lowest BCUT2D eigenvalue weighted by atomic mass is 9.88. The van der Waals surface area contributed by atoms with Gasteiger partial charge in [0.1, 0.15) is 11.7 Å². The van der Waals surface area contributed by atoms with Crippen molar-refractivity contribution in [3.8, 4) is 0 Å². The highest BCUT2D eigenvalue weighted by Gasteiger charge is 2.66. The van der Waals surface area contributed by atoms with Gasteiger partial charge in [-0.2, -0.15) is 0 Å². The van der Waals surface area contributed by atoms with Crippen LogP contribution in [0, 0.1) is 5.92 Å². The second-order valence-electron chi connectivity index (χ2n) is 3.71. The van der Waals surface area contributed by atoms with Gasteiger partial charge in [0.05, 0.1) is 0 Å². The Bertz CT molecular complexity index is 188. The van der Waals surface area contributed by atoms with Crippen LogP contribution in [0.4, 0.5) is 0 Å². The molecule has 0 aromatic carbocycles. The molecule has 0 aromatic rings. The first kappa shape index (κ1) is 7.49. The van der Waals surface area contributed by atoms with Crippen LogP contribution >= 0.6 is 0 Å². The van der Waals surface area contributed by atoms with Crippen molar-refractivity contribution >= 4 is 0 Å². The molecule has 0 saturated heterocycles. The second kappa shape index (κ2) is 1.77. The summed E-state index contributed by atoms with van der Waals surface area (Å²) < 4.78 is 0. The summed E-state index contributed by atoms with van der Waals surface area (Å²) in [5.41, 5.74) is -1.46. The van der Waals surface area contributed by atoms with Gasteiger partial charge in [0.15, 0.2) is 0 Å². The van der Waals surface area contributed by atoms with Gasteiger partial charge in [-0.3, -0.25) is 0 Å². The molecule has 0 spiro atoms. The summed E-state index contributed by atoms with van der Waals surface area (Å²) in [5.74, 6) is -2.43. The van der Waals surface area contributed by atoms with Crippen LogP contribution in [-0.2, 0) is 0 Å². The van der Waals surface area contributed by atoms with E-state index in [0.717, 1.165) is 0 Å². The SMILES string of the molecule is OC1C2CCC(O)(C2)C1(O)O. The summed E-state index contributed by atoms with van der Waals surface area (Å²) >= 11 is 0. The zero-order valence-corrected chi connectivity index (χ0v) is 6.06. The van der Waals surface area contributed by atoms with Crippen LogP contribution in [0.25, 0.3) is 0 Å². The molecule has 4 heteroatoms. The molecule has 2 bridgehead atoms. The molecule has 0 heterocycles. The van der Waals surface area contributed by atoms with Crippen molar-refractivity contribution < 1.29 is 20.4 Å². The number of fused-ring (bicyclic) bond motifs is 2. The molecule has 2 aliphatic carbocycles. The maximum atomic E-state index is 9.58. The van der Waals surface area contributed by atoms with Gasteiger partial charge in [0, 0.05) is 0 Å². The molecule has 4 N–H and O–H groups in total. The van der Waals surface area contributed by atoms with Crippen molar-refractivity contribution in [1.29, 1.82) is 0 Å². The Kier molecular flexibility index (Phi) is 1.21. The van der Waals surface area contributed by atoms with E-state index < -0.39 is 17.5 Å². The predicted octanol–water partition coefficient (Wildman–Crippen LogP) is -1.43. The van der Waals surface area contributed by atoms with Gasteiger partial charge in [-0.15, -0.1) is 0 Å². The normalized spacial score (nSPS) is 53.5. The lowest BCUT2D eigenvalue weighted by molar-refractivity contribution is -0.301. The molecular formula is C7H12O4. The second-order valence-corrected chi connectivity index (χ2v) is 3.71. The van der Waals surface area contributed by atoms with Crippen LogP contribution in [0.2, 0.25) is 0 Å². The van der Waals surface area contributed by atoms with Gasteiger partial charge in [0.2, 0.25) is 5.79 Å². The summed E-state index contributed by atoms with van der Waals surface area (Å²) in [6, 6.07) is 0. The van der Waals surface area contributed by atoms with E-state index in [0.29, 0.717) is 19.3 Å². The fraction of sp³-hybridized carbons (Fsp3) is 1.00. The Morgan fingerprint density at radius 1 is 1.18 bits per heavy atom. The number of aliphatic hydroxyl groups is 4. The van der Waals surface area contributed by atoms with Gasteiger partial charge in [-0.25, -0.2) is 0 Å². The molecule has 0 radical (unpaired) electrons. The van der Waals surface area contributed by atoms with E-state index in [9.17, 15) is 20.4 Å². The van der Waals surface area contributed by atoms with E-state index in [4.69, 9.17) is 0 Å². The van der Waals surface area contributed by atoms with Gasteiger partial charge in [-0.1, -0.05) is 0 Å². The first-order chi connectivity index (χ1) is 4.97. The molecule has 2 saturated carbocycles. The molecule has 11 heavy (non-hydrogen) atoms. The predicted molar refractivity (Wildman–Crippen MR) is 35.5 cm³/mol. The minimum absolute atomic E-state index is 0.144. The third-order valence-corrected chi connectivity index (χ3v) is 3.07. The van der Waals surface area contributed by atoms with Crippen molar-refractivity contribution in [2.24, 2.45) is 5.92 Å². The topological polar surface area (TPSA) is 80.9 Å². The Hall–Kier alpha value is -0.160. The molecule has 2 fully saturated rings. The molecule has 2 aliphatic rings. The molecule has 64 valence electrons. The van der Waals surface area contributed by atoms with E-state index in [1.165, 1.54) is 0 Å². The van der Waals surface area contributed by atoms with Gasteiger partial charge >= 0.3 is 0 Å². The van der Waals surface area contributed by atoms with Crippen molar-refractivity contribution in [1.82, 2.24) is 0 Å². The monoisotopic (exact) mass is 160 g/mol. The fourth-order valence-corrected chi connectivity index (χ4v) is 2.27. The van der Waals surface area contributed by atoms with Crippen molar-refractivity contribution in [3.63, 3.8) is 0 Å². The van der Waals surface area contributed by atoms with E-state index >= 15 is 0 Å². The van der Waals surface area contributed by atoms with Crippen LogP contribution in [0.5, 0.6) is 0 Å². The van der Waals surface area contributed by atoms with Crippen molar-refractivity contribution in [3.05, 3.63) is 0 Å². The van der Waals surface area contributed by atoms with Crippen LogP contribution in [0.3, 0.4) is 0 Å². The molecular weight excluding hydrogens is 148 g/mol. The Morgan fingerprint density at radius 3 is 2.09 bits per heavy atom. The Balaban J connectivity index is 2.36. The van der Waals surface area contributed by atoms with Crippen LogP contribution in [-0.4, -0.2) is 37.9 Å². The number of rotatable bonds is 0. The number of hydrogen-bond acceptors (Lipinski definition) is 4. The van der Waals surface area contributed by atoms with Crippen LogP contribution < -0.4 is 0 Å². The quantitative estimate of drug-likeness (QED) is 0.328. The van der Waals surface area contributed by atoms with Crippen molar-refractivity contribution in [2.45, 2.75) is 36.8 Å². The first-order valence-corrected chi connectivity index (χ1v) is 3.82. The van der Waals surface area contributed by atoms with Gasteiger partial charge < -0.3 is 20.4 Å². The maximum absolute atomic E-state index is 9.58. The smallest absolute Gasteiger partial charge is 0.219 e. The minimum Gasteiger partial charge on any atom is -0.387 e. The third-order valence-electron chi connectivity index (χ3n) is 3.07. The zero-order chi connectivity index (χ0) is 8.28. The highest BCUT2D eigenvalue weighted by atomic mass is 16.5. The summed E-state index contributed by atoms with van der Waals surface area (Å²) in [4.78, 5) is 0. The average molecular weight is 160 g/mol. The Morgan fingerprint density at radius 2 is 1.82 bits per heavy atom. The van der Waals surface area contributed by atoms with Crippen molar-refractivity contribution in [2.75, 3.05) is 0 Å². The van der Waals surface area contributed by atoms with Crippen LogP contribution in [0.1, 0.15) is 19.3 Å². The molecule has 2 rings (SSSR count). The summed E-state index contributed by atoms with van der Waals surface area (Å²) in [6.45, 7) is 0. The standard InChI is InChI=1S/C7H12O4/c8-5-4-1-2-6(9,3-4)7(5,10)11/h4-5,8-11H,1-3H2. The minimum atomic E-state index is -2.28. The molecule has 3 atom stereocenters. The molecule has 3 unspecified atom stereocenters. The third kappa shape index (κ3) is 0.679. The molecule has 0 aromatic heterocycles. The number of hydrogen-bond donors (Lipinski definition) is 4. The summed E-state index contributed by atoms with van der Waals surface area (Å²) in [7, 11) is 0. The molecule has 0 aliphatic heterocycles. The summed E-state index contributed by atoms with van der Waals surface area (Å²) in [6.07, 6.45) is 0.185. The Labute approximate surface area is 64.1 Å². The average Bonchev–Trinajstić information content (AvgIpc) is 2.36. The molecule has 4 nitrogen and oxygen atoms in total. The highest BCUT2D eigenvalue weighted by molar-refractivity contribution is 5.12. The van der Waals surface area contributed by atoms with Crippen LogP contribution in [0.15, 0.2) is 0 Å². The van der Waals surface area contributed by atoms with Gasteiger partial charge in [0.25, 0.3) is 0 Å². The zero-order valence-electron chi connectivity index (χ0n) is 6.06. The largest absolute Gasteiger partial charge is 0.387 e. The van der Waals surface area contributed by atoms with E-state index in [2.05, 4.69) is 0 Å². The van der Waals surface area contributed by atoms with Gasteiger partial charge in [-0.05, 0) is 25.2 Å². The fourth-order valence-electron chi connectivity index (χ4n) is 2.27. The number of aliphatic hydroxyl groups excluding tert-OH is 1. The highest BCUT2D eigenvalue weighted by Crippen LogP contribution is 2.52. The first-order valence-electron chi connectivity index (χ1n) is 3.82. The maximum Gasteiger partial charge on any atom is 0.219 e. The van der Waals surface area contributed by atoms with E-state index in [1.807, 2.05) is 0 Å². The summed E-state index contributed by atoms with van der Waals surface area (Å²) in [5, 5.41) is 37.4.